The third-order valence-corrected chi connectivity index (χ3v) is 5.99. The van der Waals surface area contributed by atoms with Gasteiger partial charge in [0.25, 0.3) is 0 Å². The topological polar surface area (TPSA) is 70.1 Å². The van der Waals surface area contributed by atoms with E-state index in [1.165, 1.54) is 24.2 Å². The highest BCUT2D eigenvalue weighted by Crippen LogP contribution is 2.36. The van der Waals surface area contributed by atoms with E-state index in [0.717, 1.165) is 22.3 Å². The summed E-state index contributed by atoms with van der Waals surface area (Å²) in [6.07, 6.45) is 3.01. The molecule has 0 amide bonds. The minimum absolute atomic E-state index is 0.318. The van der Waals surface area contributed by atoms with Gasteiger partial charge in [-0.3, -0.25) is 0 Å². The second-order valence-electron chi connectivity index (χ2n) is 6.53. The molecule has 0 fully saturated rings. The van der Waals surface area contributed by atoms with Gasteiger partial charge in [-0.05, 0) is 18.2 Å². The molecule has 2 aromatic heterocycles. The molecule has 4 aromatic rings. The molecule has 5 rings (SSSR count). The molecule has 0 spiro atoms. The first-order valence-electron chi connectivity index (χ1n) is 8.94. The van der Waals surface area contributed by atoms with Gasteiger partial charge < -0.3 is 9.88 Å². The molecule has 1 aliphatic rings. The maximum Gasteiger partial charge on any atom is 0.181 e. The number of aromatic amines is 1. The fourth-order valence-corrected chi connectivity index (χ4v) is 4.40. The number of hydrogen-bond acceptors (Lipinski definition) is 6. The molecule has 0 saturated carbocycles. The molecule has 0 atom stereocenters. The van der Waals surface area contributed by atoms with Crippen LogP contribution >= 0.6 is 23.4 Å². The van der Waals surface area contributed by atoms with Gasteiger partial charge in [0.05, 0.1) is 35.0 Å². The summed E-state index contributed by atoms with van der Waals surface area (Å²) in [6.45, 7) is 0.318. The van der Waals surface area contributed by atoms with Gasteiger partial charge in [0, 0.05) is 11.6 Å². The van der Waals surface area contributed by atoms with Crippen LogP contribution in [0.4, 0.5) is 20.2 Å². The highest BCUT2D eigenvalue weighted by atomic mass is 35.5. The quantitative estimate of drug-likeness (QED) is 0.350. The molecule has 1 N–H and O–H groups in total. The Morgan fingerprint density at radius 1 is 1.10 bits per heavy atom. The number of hydrogen-bond donors (Lipinski definition) is 1. The van der Waals surface area contributed by atoms with Crippen molar-refractivity contribution < 1.29 is 8.78 Å². The van der Waals surface area contributed by atoms with E-state index in [-0.39, 0.29) is 0 Å². The lowest BCUT2D eigenvalue weighted by Crippen LogP contribution is -2.34. The SMILES string of the molecule is Fc1cc2c(cc1F)N=C(CSc1ncnc3nc[nH]c13)N(c1ccccc1Cl)C2. The van der Waals surface area contributed by atoms with E-state index in [1.807, 2.05) is 23.1 Å². The number of benzene rings is 2. The average molecular weight is 443 g/mol. The normalized spacial score (nSPS) is 13.4. The first-order valence-corrected chi connectivity index (χ1v) is 10.3. The van der Waals surface area contributed by atoms with E-state index in [9.17, 15) is 8.78 Å². The van der Waals surface area contributed by atoms with Gasteiger partial charge in [-0.25, -0.2) is 28.7 Å². The van der Waals surface area contributed by atoms with Crippen LogP contribution in [0.15, 0.2) is 59.1 Å². The number of thioether (sulfide) groups is 1. The largest absolute Gasteiger partial charge is 0.341 e. The van der Waals surface area contributed by atoms with Gasteiger partial charge >= 0.3 is 0 Å². The Hall–Kier alpha value is -3.04. The maximum atomic E-state index is 13.8. The molecule has 30 heavy (non-hydrogen) atoms. The Bertz CT molecular complexity index is 1290. The molecule has 150 valence electrons. The number of nitrogens with one attached hydrogen (secondary N) is 1. The monoisotopic (exact) mass is 442 g/mol. The van der Waals surface area contributed by atoms with Crippen LogP contribution in [0.5, 0.6) is 0 Å². The van der Waals surface area contributed by atoms with E-state index < -0.39 is 11.6 Å². The predicted molar refractivity (Wildman–Crippen MR) is 113 cm³/mol. The Kier molecular flexibility index (Phi) is 4.84. The minimum Gasteiger partial charge on any atom is -0.341 e. The van der Waals surface area contributed by atoms with Crippen molar-refractivity contribution in [2.45, 2.75) is 11.6 Å². The lowest BCUT2D eigenvalue weighted by molar-refractivity contribution is 0.507. The zero-order valence-electron chi connectivity index (χ0n) is 15.3. The van der Waals surface area contributed by atoms with Crippen LogP contribution in [0.2, 0.25) is 5.02 Å². The van der Waals surface area contributed by atoms with E-state index in [4.69, 9.17) is 11.6 Å². The van der Waals surface area contributed by atoms with Crippen LogP contribution in [0.3, 0.4) is 0 Å². The van der Waals surface area contributed by atoms with Gasteiger partial charge in [-0.2, -0.15) is 0 Å². The first kappa shape index (κ1) is 19.0. The van der Waals surface area contributed by atoms with Crippen LogP contribution in [-0.2, 0) is 6.54 Å². The van der Waals surface area contributed by atoms with Crippen LogP contribution < -0.4 is 4.90 Å². The minimum atomic E-state index is -0.925. The summed E-state index contributed by atoms with van der Waals surface area (Å²) in [6, 6.07) is 9.65. The van der Waals surface area contributed by atoms with E-state index in [1.54, 1.807) is 12.4 Å². The lowest BCUT2D eigenvalue weighted by Gasteiger charge is -2.31. The van der Waals surface area contributed by atoms with Gasteiger partial charge in [-0.15, -0.1) is 0 Å². The molecule has 1 aliphatic heterocycles. The number of H-pyrrole nitrogens is 1. The Balaban J connectivity index is 1.54. The Morgan fingerprint density at radius 3 is 2.80 bits per heavy atom. The van der Waals surface area contributed by atoms with Crippen molar-refractivity contribution in [2.75, 3.05) is 10.7 Å². The average Bonchev–Trinajstić information content (AvgIpc) is 3.23. The highest BCUT2D eigenvalue weighted by molar-refractivity contribution is 8.00. The number of para-hydroxylation sites is 1. The summed E-state index contributed by atoms with van der Waals surface area (Å²) in [5.41, 5.74) is 3.03. The number of rotatable bonds is 4. The molecule has 0 unspecified atom stereocenters. The van der Waals surface area contributed by atoms with Crippen LogP contribution in [0, 0.1) is 11.6 Å². The third kappa shape index (κ3) is 3.40. The standard InChI is InChI=1S/C20H13ClF2N6S/c21-12-3-1-2-4-16(12)29-7-11-5-13(22)14(23)6-15(11)28-17(29)8-30-20-18-19(25-9-24-18)26-10-27-20/h1-6,9-10H,7-8H2,(H,24,25,26,27). The second-order valence-corrected chi connectivity index (χ2v) is 7.90. The zero-order valence-corrected chi connectivity index (χ0v) is 16.9. The second kappa shape index (κ2) is 7.66. The molecular formula is C20H13ClF2N6S. The van der Waals surface area contributed by atoms with E-state index >= 15 is 0 Å². The maximum absolute atomic E-state index is 13.8. The van der Waals surface area contributed by atoms with Crippen LogP contribution in [-0.4, -0.2) is 31.5 Å². The van der Waals surface area contributed by atoms with Crippen molar-refractivity contribution in [1.82, 2.24) is 19.9 Å². The molecule has 3 heterocycles. The van der Waals surface area contributed by atoms with Crippen molar-refractivity contribution in [3.05, 3.63) is 71.3 Å². The number of aromatic nitrogens is 4. The summed E-state index contributed by atoms with van der Waals surface area (Å²) in [7, 11) is 0. The van der Waals surface area contributed by atoms with Gasteiger partial charge in [0.2, 0.25) is 0 Å². The van der Waals surface area contributed by atoms with Gasteiger partial charge in [0.1, 0.15) is 22.7 Å². The Labute approximate surface area is 179 Å². The van der Waals surface area contributed by atoms with Crippen LogP contribution in [0.25, 0.3) is 11.2 Å². The summed E-state index contributed by atoms with van der Waals surface area (Å²) < 4.78 is 27.6. The van der Waals surface area contributed by atoms with Crippen molar-refractivity contribution in [1.29, 1.82) is 0 Å². The smallest absolute Gasteiger partial charge is 0.181 e. The molecule has 0 radical (unpaired) electrons. The first-order chi connectivity index (χ1) is 14.6. The van der Waals surface area contributed by atoms with Crippen molar-refractivity contribution in [3.8, 4) is 0 Å². The molecule has 0 saturated heterocycles. The van der Waals surface area contributed by atoms with Crippen molar-refractivity contribution in [2.24, 2.45) is 4.99 Å². The molecule has 2 aromatic carbocycles. The number of anilines is 1. The zero-order chi connectivity index (χ0) is 20.7. The van der Waals surface area contributed by atoms with Crippen molar-refractivity contribution in [3.63, 3.8) is 0 Å². The highest BCUT2D eigenvalue weighted by Gasteiger charge is 2.25. The summed E-state index contributed by atoms with van der Waals surface area (Å²) in [5, 5.41) is 1.26. The fourth-order valence-electron chi connectivity index (χ4n) is 3.26. The Morgan fingerprint density at radius 2 is 1.93 bits per heavy atom. The van der Waals surface area contributed by atoms with Crippen molar-refractivity contribution >= 4 is 51.7 Å². The summed E-state index contributed by atoms with van der Waals surface area (Å²) >= 11 is 7.86. The predicted octanol–water partition coefficient (Wildman–Crippen LogP) is 5.13. The molecule has 0 aliphatic carbocycles. The fraction of sp³-hybridized carbons (Fsp3) is 0.100. The van der Waals surface area contributed by atoms with Crippen LogP contribution in [0.1, 0.15) is 5.56 Å². The third-order valence-electron chi connectivity index (χ3n) is 4.68. The molecule has 6 nitrogen and oxygen atoms in total. The summed E-state index contributed by atoms with van der Waals surface area (Å²) in [5.74, 6) is -0.749. The number of amidine groups is 1. The number of nitrogens with zero attached hydrogens (tertiary/aromatic N) is 5. The van der Waals surface area contributed by atoms with Gasteiger partial charge in [0.15, 0.2) is 17.3 Å². The summed E-state index contributed by atoms with van der Waals surface area (Å²) in [4.78, 5) is 22.1. The molecular weight excluding hydrogens is 430 g/mol. The molecule has 0 bridgehead atoms. The van der Waals surface area contributed by atoms with E-state index in [0.29, 0.717) is 40.1 Å². The molecule has 10 heteroatoms. The number of imidazole rings is 1. The lowest BCUT2D eigenvalue weighted by atomic mass is 10.1. The number of aliphatic imine (C=N–C) groups is 1. The number of fused-ring (bicyclic) bond motifs is 2. The number of halogens is 3. The van der Waals surface area contributed by atoms with E-state index in [2.05, 4.69) is 24.9 Å². The van der Waals surface area contributed by atoms with Gasteiger partial charge in [-0.1, -0.05) is 35.5 Å².